The third-order valence-electron chi connectivity index (χ3n) is 4.28. The molecule has 0 bridgehead atoms. The van der Waals surface area contributed by atoms with Crippen molar-refractivity contribution in [3.63, 3.8) is 0 Å². The van der Waals surface area contributed by atoms with Crippen LogP contribution in [0, 0.1) is 5.92 Å². The van der Waals surface area contributed by atoms with Crippen LogP contribution in [0.15, 0.2) is 24.3 Å². The molecule has 1 aliphatic rings. The molecule has 0 saturated carbocycles. The first-order valence-corrected chi connectivity index (χ1v) is 8.44. The molecule has 0 spiro atoms. The van der Waals surface area contributed by atoms with Gasteiger partial charge in [0.1, 0.15) is 18.4 Å². The number of piperidine rings is 1. The lowest BCUT2D eigenvalue weighted by molar-refractivity contribution is -0.141. The van der Waals surface area contributed by atoms with Crippen molar-refractivity contribution >= 4 is 11.9 Å². The molecule has 1 aromatic rings. The molecule has 1 aromatic carbocycles. The third kappa shape index (κ3) is 4.96. The monoisotopic (exact) mass is 334 g/mol. The summed E-state index contributed by atoms with van der Waals surface area (Å²) in [5, 5.41) is 14.7. The fourth-order valence-corrected chi connectivity index (χ4v) is 2.86. The van der Waals surface area contributed by atoms with Gasteiger partial charge < -0.3 is 20.5 Å². The first-order valence-electron chi connectivity index (χ1n) is 8.44. The Morgan fingerprint density at radius 3 is 2.71 bits per heavy atom. The van der Waals surface area contributed by atoms with Gasteiger partial charge in [-0.1, -0.05) is 32.0 Å². The molecule has 3 N–H and O–H groups in total. The van der Waals surface area contributed by atoms with Crippen molar-refractivity contribution in [2.24, 2.45) is 5.92 Å². The molecular formula is C18H26N2O4. The van der Waals surface area contributed by atoms with Crippen LogP contribution >= 0.6 is 0 Å². The number of aliphatic carboxylic acids is 1. The number of rotatable bonds is 7. The van der Waals surface area contributed by atoms with Gasteiger partial charge in [-0.05, 0) is 30.4 Å². The summed E-state index contributed by atoms with van der Waals surface area (Å²) >= 11 is 0. The minimum absolute atomic E-state index is 0.0490. The highest BCUT2D eigenvalue weighted by Gasteiger charge is 2.28. The van der Waals surface area contributed by atoms with Gasteiger partial charge in [0, 0.05) is 6.54 Å². The second-order valence-corrected chi connectivity index (χ2v) is 6.41. The summed E-state index contributed by atoms with van der Waals surface area (Å²) in [5.74, 6) is 0.151. The second-order valence-electron chi connectivity index (χ2n) is 6.41. The topological polar surface area (TPSA) is 87.7 Å². The van der Waals surface area contributed by atoms with E-state index < -0.39 is 12.0 Å². The zero-order chi connectivity index (χ0) is 17.5. The Kier molecular flexibility index (Phi) is 6.61. The minimum Gasteiger partial charge on any atom is -0.491 e. The number of ether oxygens (including phenoxy) is 1. The average Bonchev–Trinajstić information content (AvgIpc) is 2.58. The van der Waals surface area contributed by atoms with E-state index in [2.05, 4.69) is 24.5 Å². The molecule has 2 unspecified atom stereocenters. The number of carbonyl (C=O) groups is 2. The first-order chi connectivity index (χ1) is 11.5. The van der Waals surface area contributed by atoms with Crippen molar-refractivity contribution < 1.29 is 19.4 Å². The standard InChI is InChI=1S/C18H26N2O4/c1-12(2)14-5-3-4-6-16(14)24-10-9-19-17(21)13-7-8-15(18(22)23)20-11-13/h3-6,12-13,15,20H,7-11H2,1-2H3,(H,19,21)(H,22,23). The number of hydrogen-bond donors (Lipinski definition) is 3. The lowest BCUT2D eigenvalue weighted by Gasteiger charge is -2.26. The molecular weight excluding hydrogens is 308 g/mol. The predicted octanol–water partition coefficient (Wildman–Crippen LogP) is 1.76. The van der Waals surface area contributed by atoms with E-state index in [0.29, 0.717) is 38.5 Å². The Morgan fingerprint density at radius 2 is 2.08 bits per heavy atom. The molecule has 6 nitrogen and oxygen atoms in total. The molecule has 2 rings (SSSR count). The molecule has 1 heterocycles. The van der Waals surface area contributed by atoms with Gasteiger partial charge >= 0.3 is 5.97 Å². The van der Waals surface area contributed by atoms with Crippen LogP contribution in [0.5, 0.6) is 5.75 Å². The van der Waals surface area contributed by atoms with Crippen LogP contribution in [0.4, 0.5) is 0 Å². The predicted molar refractivity (Wildman–Crippen MR) is 91.2 cm³/mol. The van der Waals surface area contributed by atoms with Crippen LogP contribution < -0.4 is 15.4 Å². The molecule has 0 aliphatic carbocycles. The Labute approximate surface area is 142 Å². The summed E-state index contributed by atoms with van der Waals surface area (Å²) in [6, 6.07) is 7.38. The van der Waals surface area contributed by atoms with Crippen molar-refractivity contribution in [1.29, 1.82) is 0 Å². The molecule has 0 aromatic heterocycles. The second kappa shape index (κ2) is 8.68. The Balaban J connectivity index is 1.71. The summed E-state index contributed by atoms with van der Waals surface area (Å²) in [6.07, 6.45) is 1.07. The fourth-order valence-electron chi connectivity index (χ4n) is 2.86. The Hall–Kier alpha value is -2.08. The summed E-state index contributed by atoms with van der Waals surface area (Å²) in [4.78, 5) is 23.0. The Bertz CT molecular complexity index is 566. The SMILES string of the molecule is CC(C)c1ccccc1OCCNC(=O)C1CCC(C(=O)O)NC1. The van der Waals surface area contributed by atoms with E-state index in [1.54, 1.807) is 0 Å². The number of carbonyl (C=O) groups excluding carboxylic acids is 1. The van der Waals surface area contributed by atoms with Crippen LogP contribution in [0.3, 0.4) is 0 Å². The van der Waals surface area contributed by atoms with Crippen LogP contribution in [0.25, 0.3) is 0 Å². The molecule has 1 amide bonds. The highest BCUT2D eigenvalue weighted by Crippen LogP contribution is 2.25. The number of nitrogens with one attached hydrogen (secondary N) is 2. The van der Waals surface area contributed by atoms with E-state index >= 15 is 0 Å². The van der Waals surface area contributed by atoms with E-state index in [-0.39, 0.29) is 11.8 Å². The zero-order valence-electron chi connectivity index (χ0n) is 14.2. The minimum atomic E-state index is -0.855. The van der Waals surface area contributed by atoms with Crippen molar-refractivity contribution in [2.75, 3.05) is 19.7 Å². The van der Waals surface area contributed by atoms with E-state index in [4.69, 9.17) is 9.84 Å². The van der Waals surface area contributed by atoms with Crippen molar-refractivity contribution in [3.8, 4) is 5.75 Å². The normalized spacial score (nSPS) is 20.6. The number of para-hydroxylation sites is 1. The van der Waals surface area contributed by atoms with Gasteiger partial charge in [0.05, 0.1) is 12.5 Å². The van der Waals surface area contributed by atoms with Gasteiger partial charge in [-0.25, -0.2) is 0 Å². The van der Waals surface area contributed by atoms with E-state index in [9.17, 15) is 9.59 Å². The number of carboxylic acid groups (broad SMARTS) is 1. The highest BCUT2D eigenvalue weighted by molar-refractivity contribution is 5.80. The van der Waals surface area contributed by atoms with Crippen molar-refractivity contribution in [3.05, 3.63) is 29.8 Å². The molecule has 1 aliphatic heterocycles. The van der Waals surface area contributed by atoms with Crippen LogP contribution in [-0.2, 0) is 9.59 Å². The lowest BCUT2D eigenvalue weighted by Crippen LogP contribution is -2.48. The maximum Gasteiger partial charge on any atom is 0.320 e. The van der Waals surface area contributed by atoms with E-state index in [1.807, 2.05) is 24.3 Å². The Morgan fingerprint density at radius 1 is 1.33 bits per heavy atom. The molecule has 0 radical (unpaired) electrons. The highest BCUT2D eigenvalue weighted by atomic mass is 16.5. The molecule has 2 atom stereocenters. The third-order valence-corrected chi connectivity index (χ3v) is 4.28. The molecule has 24 heavy (non-hydrogen) atoms. The maximum absolute atomic E-state index is 12.1. The van der Waals surface area contributed by atoms with E-state index in [0.717, 1.165) is 11.3 Å². The molecule has 6 heteroatoms. The number of amides is 1. The number of hydrogen-bond acceptors (Lipinski definition) is 4. The molecule has 1 saturated heterocycles. The van der Waals surface area contributed by atoms with Gasteiger partial charge in [-0.3, -0.25) is 9.59 Å². The smallest absolute Gasteiger partial charge is 0.320 e. The fraction of sp³-hybridized carbons (Fsp3) is 0.556. The summed E-state index contributed by atoms with van der Waals surface area (Å²) in [7, 11) is 0. The largest absolute Gasteiger partial charge is 0.491 e. The molecule has 1 fully saturated rings. The van der Waals surface area contributed by atoms with Crippen LogP contribution in [-0.4, -0.2) is 42.7 Å². The molecule has 132 valence electrons. The number of carboxylic acids is 1. The van der Waals surface area contributed by atoms with Gasteiger partial charge in [0.15, 0.2) is 0 Å². The van der Waals surface area contributed by atoms with Gasteiger partial charge in [-0.15, -0.1) is 0 Å². The van der Waals surface area contributed by atoms with Crippen LogP contribution in [0.2, 0.25) is 0 Å². The number of benzene rings is 1. The van der Waals surface area contributed by atoms with Gasteiger partial charge in [0.2, 0.25) is 5.91 Å². The van der Waals surface area contributed by atoms with Gasteiger partial charge in [0.25, 0.3) is 0 Å². The zero-order valence-corrected chi connectivity index (χ0v) is 14.2. The van der Waals surface area contributed by atoms with E-state index in [1.165, 1.54) is 0 Å². The summed E-state index contributed by atoms with van der Waals surface area (Å²) < 4.78 is 5.78. The lowest BCUT2D eigenvalue weighted by atomic mass is 9.94. The van der Waals surface area contributed by atoms with Crippen LogP contribution in [0.1, 0.15) is 38.2 Å². The van der Waals surface area contributed by atoms with Crippen molar-refractivity contribution in [2.45, 2.75) is 38.6 Å². The van der Waals surface area contributed by atoms with Crippen molar-refractivity contribution in [1.82, 2.24) is 10.6 Å². The average molecular weight is 334 g/mol. The van der Waals surface area contributed by atoms with Gasteiger partial charge in [-0.2, -0.15) is 0 Å². The summed E-state index contributed by atoms with van der Waals surface area (Å²) in [5.41, 5.74) is 1.15. The summed E-state index contributed by atoms with van der Waals surface area (Å²) in [6.45, 7) is 5.48. The quantitative estimate of drug-likeness (QED) is 0.661. The maximum atomic E-state index is 12.1. The first kappa shape index (κ1) is 18.3.